The van der Waals surface area contributed by atoms with Gasteiger partial charge in [-0.05, 0) is 24.1 Å². The number of carbonyl (C=O) groups excluding carboxylic acids is 1. The molecule has 1 heterocycles. The first-order chi connectivity index (χ1) is 12.2. The maximum atomic E-state index is 12.2. The van der Waals surface area contributed by atoms with Crippen molar-refractivity contribution in [2.45, 2.75) is 6.42 Å². The lowest BCUT2D eigenvalue weighted by atomic mass is 10.1. The number of benzene rings is 2. The van der Waals surface area contributed by atoms with E-state index in [4.69, 9.17) is 4.42 Å². The van der Waals surface area contributed by atoms with Crippen molar-refractivity contribution >= 4 is 28.4 Å². The van der Waals surface area contributed by atoms with Crippen LogP contribution in [0.25, 0.3) is 11.0 Å². The Hall–Kier alpha value is -3.28. The second-order valence-electron chi connectivity index (χ2n) is 5.50. The third-order valence-corrected chi connectivity index (χ3v) is 3.84. The van der Waals surface area contributed by atoms with Gasteiger partial charge in [0.1, 0.15) is 5.58 Å². The van der Waals surface area contributed by atoms with Gasteiger partial charge in [-0.1, -0.05) is 42.5 Å². The molecule has 0 bridgehead atoms. The minimum absolute atomic E-state index is 0.0958. The molecule has 0 aliphatic rings. The minimum atomic E-state index is -0.596. The molecule has 6 heteroatoms. The first kappa shape index (κ1) is 16.6. The van der Waals surface area contributed by atoms with Crippen LogP contribution in [0.1, 0.15) is 5.56 Å². The van der Waals surface area contributed by atoms with Crippen molar-refractivity contribution in [3.8, 4) is 0 Å². The Morgan fingerprint density at radius 2 is 1.72 bits per heavy atom. The van der Waals surface area contributed by atoms with Crippen molar-refractivity contribution in [3.63, 3.8) is 0 Å². The molecule has 3 aromatic rings. The number of carbonyl (C=O) groups is 1. The van der Waals surface area contributed by atoms with E-state index >= 15 is 0 Å². The highest BCUT2D eigenvalue weighted by Crippen LogP contribution is 2.27. The van der Waals surface area contributed by atoms with Crippen LogP contribution in [-0.4, -0.2) is 19.6 Å². The summed E-state index contributed by atoms with van der Waals surface area (Å²) in [5.74, 6) is 0. The molecule has 2 amide bonds. The molecule has 128 valence electrons. The second kappa shape index (κ2) is 7.53. The van der Waals surface area contributed by atoms with Crippen molar-refractivity contribution in [1.82, 2.24) is 5.32 Å². The summed E-state index contributed by atoms with van der Waals surface area (Å²) in [5.41, 5.74) is 1.63. The van der Waals surface area contributed by atoms with Crippen LogP contribution in [-0.2, 0) is 6.42 Å². The second-order valence-corrected chi connectivity index (χ2v) is 5.50. The lowest BCUT2D eigenvalue weighted by molar-refractivity contribution is 0.252. The number of hydrogen-bond donors (Lipinski definition) is 3. The zero-order chi connectivity index (χ0) is 17.6. The van der Waals surface area contributed by atoms with Crippen molar-refractivity contribution in [2.24, 2.45) is 0 Å². The van der Waals surface area contributed by atoms with Gasteiger partial charge in [-0.2, -0.15) is 0 Å². The number of nitrogens with one attached hydrogen (secondary N) is 3. The first-order valence-electron chi connectivity index (χ1n) is 8.01. The Morgan fingerprint density at radius 3 is 2.48 bits per heavy atom. The van der Waals surface area contributed by atoms with E-state index in [1.807, 2.05) is 42.5 Å². The van der Waals surface area contributed by atoms with Gasteiger partial charge in [0.2, 0.25) is 0 Å². The molecule has 1 aromatic heterocycles. The largest absolute Gasteiger partial charge is 0.421 e. The van der Waals surface area contributed by atoms with Gasteiger partial charge in [-0.25, -0.2) is 9.59 Å². The molecule has 0 aliphatic heterocycles. The molecular weight excluding hydrogens is 318 g/mol. The molecule has 0 atom stereocenters. The summed E-state index contributed by atoms with van der Waals surface area (Å²) in [6.07, 6.45) is 0.708. The van der Waals surface area contributed by atoms with Crippen molar-refractivity contribution < 1.29 is 9.21 Å². The standard InChI is InChI=1S/C19H19N3O3/c1-20-16-14-9-5-6-10-15(14)25-18(23)17(16)22-19(24)21-12-11-13-7-3-2-4-8-13/h2-10,20H,11-12H2,1H3,(H2,21,22,24). The summed E-state index contributed by atoms with van der Waals surface area (Å²) in [6.45, 7) is 0.462. The molecule has 0 spiro atoms. The molecule has 2 aromatic carbocycles. The lowest BCUT2D eigenvalue weighted by Gasteiger charge is -2.12. The Balaban J connectivity index is 1.72. The van der Waals surface area contributed by atoms with Gasteiger partial charge in [-0.3, -0.25) is 5.32 Å². The van der Waals surface area contributed by atoms with Gasteiger partial charge in [0.05, 0.1) is 5.69 Å². The predicted molar refractivity (Wildman–Crippen MR) is 99.2 cm³/mol. The third kappa shape index (κ3) is 3.80. The smallest absolute Gasteiger partial charge is 0.362 e. The van der Waals surface area contributed by atoms with Gasteiger partial charge >= 0.3 is 11.7 Å². The van der Waals surface area contributed by atoms with Crippen LogP contribution in [0, 0.1) is 0 Å². The summed E-state index contributed by atoms with van der Waals surface area (Å²) in [4.78, 5) is 24.3. The fraction of sp³-hybridized carbons (Fsp3) is 0.158. The monoisotopic (exact) mass is 337 g/mol. The van der Waals surface area contributed by atoms with Crippen molar-refractivity contribution in [1.29, 1.82) is 0 Å². The Labute approximate surface area is 144 Å². The minimum Gasteiger partial charge on any atom is -0.421 e. The maximum Gasteiger partial charge on any atom is 0.362 e. The fourth-order valence-corrected chi connectivity index (χ4v) is 2.65. The molecule has 0 radical (unpaired) electrons. The topological polar surface area (TPSA) is 83.4 Å². The molecule has 0 fully saturated rings. The summed E-state index contributed by atoms with van der Waals surface area (Å²) >= 11 is 0. The highest BCUT2D eigenvalue weighted by Gasteiger charge is 2.15. The SMILES string of the molecule is CNc1c(NC(=O)NCCc2ccccc2)c(=O)oc2ccccc12. The number of anilines is 2. The van der Waals surface area contributed by atoms with E-state index in [1.165, 1.54) is 0 Å². The summed E-state index contributed by atoms with van der Waals surface area (Å²) in [5, 5.41) is 9.03. The lowest BCUT2D eigenvalue weighted by Crippen LogP contribution is -2.32. The average molecular weight is 337 g/mol. The normalized spacial score (nSPS) is 10.4. The van der Waals surface area contributed by atoms with Crippen molar-refractivity contribution in [2.75, 3.05) is 24.2 Å². The molecule has 3 rings (SSSR count). The molecule has 3 N–H and O–H groups in total. The van der Waals surface area contributed by atoms with Crippen LogP contribution in [0.5, 0.6) is 0 Å². The molecule has 0 saturated carbocycles. The van der Waals surface area contributed by atoms with Crippen molar-refractivity contribution in [3.05, 3.63) is 70.6 Å². The number of amides is 2. The van der Waals surface area contributed by atoms with E-state index < -0.39 is 11.7 Å². The Bertz CT molecular complexity index is 936. The average Bonchev–Trinajstić information content (AvgIpc) is 2.63. The van der Waals surface area contributed by atoms with Crippen LogP contribution in [0.4, 0.5) is 16.2 Å². The zero-order valence-corrected chi connectivity index (χ0v) is 13.8. The van der Waals surface area contributed by atoms with Gasteiger partial charge in [-0.15, -0.1) is 0 Å². The molecule has 0 unspecified atom stereocenters. The maximum absolute atomic E-state index is 12.2. The van der Waals surface area contributed by atoms with Crippen LogP contribution < -0.4 is 21.6 Å². The highest BCUT2D eigenvalue weighted by atomic mass is 16.4. The van der Waals surface area contributed by atoms with Gasteiger partial charge in [0, 0.05) is 19.0 Å². The third-order valence-electron chi connectivity index (χ3n) is 3.84. The zero-order valence-electron chi connectivity index (χ0n) is 13.8. The molecule has 0 aliphatic carbocycles. The number of hydrogen-bond acceptors (Lipinski definition) is 4. The predicted octanol–water partition coefficient (Wildman–Crippen LogP) is 3.20. The number of urea groups is 1. The quantitative estimate of drug-likeness (QED) is 0.624. The van der Waals surface area contributed by atoms with E-state index in [-0.39, 0.29) is 5.69 Å². The van der Waals surface area contributed by atoms with Crippen LogP contribution >= 0.6 is 0 Å². The number of fused-ring (bicyclic) bond motifs is 1. The van der Waals surface area contributed by atoms with Gasteiger partial charge < -0.3 is 15.1 Å². The molecule has 25 heavy (non-hydrogen) atoms. The molecule has 6 nitrogen and oxygen atoms in total. The van der Waals surface area contributed by atoms with Crippen LogP contribution in [0.15, 0.2) is 63.8 Å². The summed E-state index contributed by atoms with van der Waals surface area (Å²) < 4.78 is 5.27. The number of para-hydroxylation sites is 1. The molecule has 0 saturated heterocycles. The van der Waals surface area contributed by atoms with E-state index in [9.17, 15) is 9.59 Å². The highest BCUT2D eigenvalue weighted by molar-refractivity contribution is 6.01. The first-order valence-corrected chi connectivity index (χ1v) is 8.01. The van der Waals surface area contributed by atoms with Gasteiger partial charge in [0.25, 0.3) is 0 Å². The Morgan fingerprint density at radius 1 is 1.00 bits per heavy atom. The number of rotatable bonds is 5. The van der Waals surface area contributed by atoms with E-state index in [0.717, 1.165) is 10.9 Å². The van der Waals surface area contributed by atoms with Crippen LogP contribution in [0.2, 0.25) is 0 Å². The van der Waals surface area contributed by atoms with E-state index in [2.05, 4.69) is 16.0 Å². The summed E-state index contributed by atoms with van der Waals surface area (Å²) in [7, 11) is 1.69. The Kier molecular flexibility index (Phi) is 4.99. The fourth-order valence-electron chi connectivity index (χ4n) is 2.65. The summed E-state index contributed by atoms with van der Waals surface area (Å²) in [6, 6.07) is 16.6. The molecular formula is C19H19N3O3. The van der Waals surface area contributed by atoms with Crippen LogP contribution in [0.3, 0.4) is 0 Å². The van der Waals surface area contributed by atoms with E-state index in [0.29, 0.717) is 24.2 Å². The van der Waals surface area contributed by atoms with E-state index in [1.54, 1.807) is 19.2 Å². The van der Waals surface area contributed by atoms with Gasteiger partial charge in [0.15, 0.2) is 5.69 Å².